The van der Waals surface area contributed by atoms with Gasteiger partial charge in [-0.3, -0.25) is 9.59 Å². The van der Waals surface area contributed by atoms with Crippen molar-refractivity contribution in [2.45, 2.75) is 13.3 Å². The molecule has 0 atom stereocenters. The number of carboxylic acid groups (broad SMARTS) is 1. The van der Waals surface area contributed by atoms with Gasteiger partial charge in [-0.15, -0.1) is 0 Å². The number of aromatic amines is 1. The van der Waals surface area contributed by atoms with E-state index in [0.717, 1.165) is 15.7 Å². The minimum absolute atomic E-state index is 0.0255. The smallest absolute Gasteiger partial charge is 0.338 e. The summed E-state index contributed by atoms with van der Waals surface area (Å²) in [5, 5.41) is 11.3. The van der Waals surface area contributed by atoms with E-state index in [4.69, 9.17) is 5.11 Å². The summed E-state index contributed by atoms with van der Waals surface area (Å²) in [6.45, 7) is 1.69. The van der Waals surface area contributed by atoms with Gasteiger partial charge in [0, 0.05) is 15.9 Å². The van der Waals surface area contributed by atoms with Crippen molar-refractivity contribution < 1.29 is 19.5 Å². The van der Waals surface area contributed by atoms with Crippen LogP contribution in [0.15, 0.2) is 28.7 Å². The van der Waals surface area contributed by atoms with E-state index in [2.05, 4.69) is 26.2 Å². The van der Waals surface area contributed by atoms with Crippen LogP contribution in [0.25, 0.3) is 0 Å². The van der Waals surface area contributed by atoms with E-state index >= 15 is 0 Å². The number of fused-ring (bicyclic) bond motifs is 1. The van der Waals surface area contributed by atoms with Crippen molar-refractivity contribution in [2.24, 2.45) is 0 Å². The first-order chi connectivity index (χ1) is 10.4. The van der Waals surface area contributed by atoms with Crippen LogP contribution >= 0.6 is 15.9 Å². The fourth-order valence-corrected chi connectivity index (χ4v) is 2.49. The normalized spacial score (nSPS) is 12.0. The predicted molar refractivity (Wildman–Crippen MR) is 84.4 cm³/mol. The van der Waals surface area contributed by atoms with Gasteiger partial charge in [0.2, 0.25) is 5.91 Å². The van der Waals surface area contributed by atoms with Crippen molar-refractivity contribution in [3.05, 3.63) is 51.3 Å². The molecule has 0 aliphatic carbocycles. The monoisotopic (exact) mass is 364 g/mol. The molecule has 1 amide bonds. The Labute approximate surface area is 134 Å². The Balaban J connectivity index is 0.000000160. The van der Waals surface area contributed by atoms with E-state index in [1.54, 1.807) is 6.92 Å². The third-order valence-electron chi connectivity index (χ3n) is 3.02. The van der Waals surface area contributed by atoms with E-state index in [-0.39, 0.29) is 17.2 Å². The quantitative estimate of drug-likeness (QED) is 0.713. The van der Waals surface area contributed by atoms with Crippen LogP contribution in [-0.4, -0.2) is 28.3 Å². The molecule has 0 bridgehead atoms. The van der Waals surface area contributed by atoms with E-state index in [0.29, 0.717) is 18.4 Å². The van der Waals surface area contributed by atoms with E-state index < -0.39 is 5.97 Å². The Morgan fingerprint density at radius 2 is 2.09 bits per heavy atom. The van der Waals surface area contributed by atoms with Gasteiger partial charge in [0.15, 0.2) is 6.29 Å². The third-order valence-corrected chi connectivity index (χ3v) is 3.52. The van der Waals surface area contributed by atoms with Crippen molar-refractivity contribution in [1.29, 1.82) is 0 Å². The van der Waals surface area contributed by atoms with Gasteiger partial charge in [-0.25, -0.2) is 4.79 Å². The maximum Gasteiger partial charge on any atom is 0.338 e. The number of anilines is 1. The van der Waals surface area contributed by atoms with Gasteiger partial charge < -0.3 is 15.4 Å². The molecule has 3 N–H and O–H groups in total. The SMILES string of the molecule is Cc1cc(C(=O)O)c(C=O)[nH]1.O=C1Cc2cc(Br)ccc2N1. The maximum atomic E-state index is 10.9. The lowest BCUT2D eigenvalue weighted by Crippen LogP contribution is -2.03. The Morgan fingerprint density at radius 3 is 2.68 bits per heavy atom. The highest BCUT2D eigenvalue weighted by Crippen LogP contribution is 2.25. The Kier molecular flexibility index (Phi) is 4.77. The standard InChI is InChI=1S/C8H6BrNO.C7H7NO3/c9-6-1-2-7-5(3-6)4-8(11)10-7;1-4-2-5(7(10)11)6(3-9)8-4/h1-3H,4H2,(H,10,11);2-3,8H,1H3,(H,10,11). The minimum atomic E-state index is -1.09. The highest BCUT2D eigenvalue weighted by molar-refractivity contribution is 9.10. The molecule has 1 aromatic heterocycles. The fourth-order valence-electron chi connectivity index (χ4n) is 2.08. The van der Waals surface area contributed by atoms with E-state index in [1.165, 1.54) is 6.07 Å². The van der Waals surface area contributed by atoms with Crippen molar-refractivity contribution in [3.63, 3.8) is 0 Å². The fraction of sp³-hybridized carbons (Fsp3) is 0.133. The number of aldehydes is 1. The second kappa shape index (κ2) is 6.57. The van der Waals surface area contributed by atoms with Crippen molar-refractivity contribution in [1.82, 2.24) is 4.98 Å². The van der Waals surface area contributed by atoms with Gasteiger partial charge in [0.05, 0.1) is 17.7 Å². The number of carboxylic acids is 1. The number of rotatable bonds is 2. The lowest BCUT2D eigenvalue weighted by Gasteiger charge is -1.96. The topological polar surface area (TPSA) is 99.3 Å². The molecule has 0 spiro atoms. The number of benzene rings is 1. The molecule has 2 aromatic rings. The first-order valence-electron chi connectivity index (χ1n) is 6.37. The minimum Gasteiger partial charge on any atom is -0.478 e. The predicted octanol–water partition coefficient (Wildman–Crippen LogP) is 2.78. The van der Waals surface area contributed by atoms with Gasteiger partial charge in [-0.2, -0.15) is 0 Å². The zero-order valence-corrected chi connectivity index (χ0v) is 13.2. The summed E-state index contributed by atoms with van der Waals surface area (Å²) in [6, 6.07) is 7.22. The number of H-pyrrole nitrogens is 1. The summed E-state index contributed by atoms with van der Waals surface area (Å²) in [5.74, 6) is -1.01. The van der Waals surface area contributed by atoms with Crippen LogP contribution in [0, 0.1) is 6.92 Å². The summed E-state index contributed by atoms with van der Waals surface area (Å²) in [7, 11) is 0. The van der Waals surface area contributed by atoms with Crippen LogP contribution in [0.5, 0.6) is 0 Å². The number of aryl methyl sites for hydroxylation is 1. The van der Waals surface area contributed by atoms with Gasteiger partial charge >= 0.3 is 5.97 Å². The molecule has 3 rings (SSSR count). The summed E-state index contributed by atoms with van der Waals surface area (Å²) in [4.78, 5) is 34.2. The van der Waals surface area contributed by atoms with Crippen LogP contribution in [0.2, 0.25) is 0 Å². The van der Waals surface area contributed by atoms with Crippen LogP contribution in [0.1, 0.15) is 32.1 Å². The Hall–Kier alpha value is -2.41. The lowest BCUT2D eigenvalue weighted by molar-refractivity contribution is -0.115. The zero-order valence-electron chi connectivity index (χ0n) is 11.6. The number of aromatic nitrogens is 1. The molecule has 0 saturated carbocycles. The van der Waals surface area contributed by atoms with Crippen molar-refractivity contribution >= 4 is 39.8 Å². The van der Waals surface area contributed by atoms with Crippen LogP contribution in [0.3, 0.4) is 0 Å². The lowest BCUT2D eigenvalue weighted by atomic mass is 10.2. The number of nitrogens with one attached hydrogen (secondary N) is 2. The molecule has 22 heavy (non-hydrogen) atoms. The zero-order chi connectivity index (χ0) is 16.3. The number of aromatic carboxylic acids is 1. The molecular weight excluding hydrogens is 352 g/mol. The first-order valence-corrected chi connectivity index (χ1v) is 7.16. The molecule has 0 saturated heterocycles. The maximum absolute atomic E-state index is 10.9. The van der Waals surface area contributed by atoms with Gasteiger partial charge in [-0.1, -0.05) is 15.9 Å². The molecule has 1 aliphatic heterocycles. The second-order valence-electron chi connectivity index (χ2n) is 4.73. The molecule has 114 valence electrons. The molecule has 7 heteroatoms. The van der Waals surface area contributed by atoms with Crippen LogP contribution in [0.4, 0.5) is 5.69 Å². The number of halogens is 1. The number of carbonyl (C=O) groups is 3. The number of amides is 1. The Morgan fingerprint density at radius 1 is 1.36 bits per heavy atom. The molecule has 0 fully saturated rings. The number of carbonyl (C=O) groups excluding carboxylic acids is 2. The third kappa shape index (κ3) is 3.62. The Bertz CT molecular complexity index is 752. The number of hydrogen-bond acceptors (Lipinski definition) is 3. The van der Waals surface area contributed by atoms with Crippen molar-refractivity contribution in [2.75, 3.05) is 5.32 Å². The summed E-state index contributed by atoms with van der Waals surface area (Å²) < 4.78 is 1.02. The van der Waals surface area contributed by atoms with E-state index in [1.807, 2.05) is 18.2 Å². The summed E-state index contributed by atoms with van der Waals surface area (Å²) in [5.41, 5.74) is 2.83. The molecule has 1 aromatic carbocycles. The molecule has 1 aliphatic rings. The number of hydrogen-bond donors (Lipinski definition) is 3. The van der Waals surface area contributed by atoms with Gasteiger partial charge in [0.25, 0.3) is 0 Å². The highest BCUT2D eigenvalue weighted by atomic mass is 79.9. The van der Waals surface area contributed by atoms with Crippen LogP contribution < -0.4 is 5.32 Å². The summed E-state index contributed by atoms with van der Waals surface area (Å²) in [6.07, 6.45) is 1.01. The van der Waals surface area contributed by atoms with Gasteiger partial charge in [0.1, 0.15) is 0 Å². The molecular formula is C15H13BrN2O4. The first kappa shape index (κ1) is 16.0. The van der Waals surface area contributed by atoms with Gasteiger partial charge in [-0.05, 0) is 36.8 Å². The van der Waals surface area contributed by atoms with Crippen molar-refractivity contribution in [3.8, 4) is 0 Å². The van der Waals surface area contributed by atoms with E-state index in [9.17, 15) is 14.4 Å². The molecule has 0 unspecified atom stereocenters. The largest absolute Gasteiger partial charge is 0.478 e. The molecule has 6 nitrogen and oxygen atoms in total. The second-order valence-corrected chi connectivity index (χ2v) is 5.64. The molecule has 2 heterocycles. The average molecular weight is 365 g/mol. The average Bonchev–Trinajstić information content (AvgIpc) is 3.00. The summed E-state index contributed by atoms with van der Waals surface area (Å²) >= 11 is 3.35. The molecule has 0 radical (unpaired) electrons. The highest BCUT2D eigenvalue weighted by Gasteiger charge is 2.16. The van der Waals surface area contributed by atoms with Crippen LogP contribution in [-0.2, 0) is 11.2 Å².